The Hall–Kier alpha value is -0.800. The molecule has 0 fully saturated rings. The summed E-state index contributed by atoms with van der Waals surface area (Å²) in [5.41, 5.74) is 2.37. The van der Waals surface area contributed by atoms with Gasteiger partial charge < -0.3 is 14.8 Å². The average molecular weight is 496 g/mol. The highest BCUT2D eigenvalue weighted by Gasteiger charge is 2.10. The van der Waals surface area contributed by atoms with E-state index in [-0.39, 0.29) is 24.0 Å². The number of hydrogen-bond acceptors (Lipinski definition) is 3. The van der Waals surface area contributed by atoms with Crippen LogP contribution in [0.5, 0.6) is 0 Å². The molecule has 140 valence electrons. The van der Waals surface area contributed by atoms with E-state index in [2.05, 4.69) is 34.0 Å². The van der Waals surface area contributed by atoms with Crippen molar-refractivity contribution < 1.29 is 0 Å². The molecule has 0 saturated heterocycles. The van der Waals surface area contributed by atoms with E-state index < -0.39 is 0 Å². The standard InChI is InChI=1S/C17H26ClN5S.HI/c1-6-15-12(2)24-16(21-15)7-8-20-17(19-3)23(5)11-14-9-13(18)10-22(14)4;/h9-10H,6-8,11H2,1-5H3,(H,19,20);1H. The summed E-state index contributed by atoms with van der Waals surface area (Å²) >= 11 is 7.84. The molecule has 0 saturated carbocycles. The summed E-state index contributed by atoms with van der Waals surface area (Å²) in [6.45, 7) is 5.86. The first-order valence-electron chi connectivity index (χ1n) is 8.12. The smallest absolute Gasteiger partial charge is 0.193 e. The minimum atomic E-state index is 0. The zero-order chi connectivity index (χ0) is 17.7. The third-order valence-electron chi connectivity index (χ3n) is 3.94. The van der Waals surface area contributed by atoms with E-state index in [1.165, 1.54) is 15.6 Å². The Labute approximate surface area is 176 Å². The van der Waals surface area contributed by atoms with Gasteiger partial charge in [-0.1, -0.05) is 18.5 Å². The fraction of sp³-hybridized carbons (Fsp3) is 0.529. The van der Waals surface area contributed by atoms with Crippen molar-refractivity contribution in [2.75, 3.05) is 20.6 Å². The number of halogens is 2. The Balaban J connectivity index is 0.00000312. The largest absolute Gasteiger partial charge is 0.356 e. The number of aromatic nitrogens is 2. The summed E-state index contributed by atoms with van der Waals surface area (Å²) in [5, 5.41) is 5.35. The third kappa shape index (κ3) is 6.14. The Kier molecular flexibility index (Phi) is 9.23. The van der Waals surface area contributed by atoms with E-state index in [0.29, 0.717) is 0 Å². The quantitative estimate of drug-likeness (QED) is 0.376. The first-order chi connectivity index (χ1) is 11.4. The highest BCUT2D eigenvalue weighted by Crippen LogP contribution is 2.18. The first kappa shape index (κ1) is 22.2. The van der Waals surface area contributed by atoms with E-state index in [9.17, 15) is 0 Å². The topological polar surface area (TPSA) is 45.5 Å². The maximum absolute atomic E-state index is 6.05. The Bertz CT molecular complexity index is 710. The summed E-state index contributed by atoms with van der Waals surface area (Å²) in [5.74, 6) is 0.872. The van der Waals surface area contributed by atoms with Gasteiger partial charge in [0.25, 0.3) is 0 Å². The predicted molar refractivity (Wildman–Crippen MR) is 119 cm³/mol. The van der Waals surface area contributed by atoms with Crippen LogP contribution in [0.25, 0.3) is 0 Å². The number of nitrogens with zero attached hydrogens (tertiary/aromatic N) is 4. The lowest BCUT2D eigenvalue weighted by Crippen LogP contribution is -2.39. The molecule has 25 heavy (non-hydrogen) atoms. The minimum absolute atomic E-state index is 0. The van der Waals surface area contributed by atoms with E-state index in [0.717, 1.165) is 42.6 Å². The predicted octanol–water partition coefficient (Wildman–Crippen LogP) is 3.87. The van der Waals surface area contributed by atoms with Crippen molar-refractivity contribution in [2.45, 2.75) is 33.2 Å². The van der Waals surface area contributed by atoms with Gasteiger partial charge in [0.2, 0.25) is 0 Å². The molecule has 0 aliphatic carbocycles. The Morgan fingerprint density at radius 2 is 2.20 bits per heavy atom. The van der Waals surface area contributed by atoms with Gasteiger partial charge in [0.05, 0.1) is 22.3 Å². The summed E-state index contributed by atoms with van der Waals surface area (Å²) in [6.07, 6.45) is 3.82. The van der Waals surface area contributed by atoms with Crippen molar-refractivity contribution in [3.63, 3.8) is 0 Å². The van der Waals surface area contributed by atoms with Crippen LogP contribution in [0.4, 0.5) is 0 Å². The van der Waals surface area contributed by atoms with Crippen LogP contribution >= 0.6 is 46.9 Å². The highest BCUT2D eigenvalue weighted by atomic mass is 127. The molecule has 0 bridgehead atoms. The molecule has 0 unspecified atom stereocenters. The number of thiazole rings is 1. The van der Waals surface area contributed by atoms with Crippen LogP contribution < -0.4 is 5.32 Å². The maximum Gasteiger partial charge on any atom is 0.193 e. The van der Waals surface area contributed by atoms with E-state index in [1.54, 1.807) is 18.4 Å². The van der Waals surface area contributed by atoms with E-state index >= 15 is 0 Å². The van der Waals surface area contributed by atoms with Crippen molar-refractivity contribution in [2.24, 2.45) is 12.0 Å². The maximum atomic E-state index is 6.05. The van der Waals surface area contributed by atoms with Crippen LogP contribution in [0.15, 0.2) is 17.3 Å². The van der Waals surface area contributed by atoms with Gasteiger partial charge in [-0.15, -0.1) is 35.3 Å². The average Bonchev–Trinajstić information content (AvgIpc) is 3.05. The molecule has 0 spiro atoms. The molecule has 2 aromatic heterocycles. The molecule has 1 N–H and O–H groups in total. The number of rotatable bonds is 6. The monoisotopic (exact) mass is 495 g/mol. The number of aryl methyl sites for hydroxylation is 3. The van der Waals surface area contributed by atoms with Crippen LogP contribution in [0.1, 0.15) is 28.2 Å². The van der Waals surface area contributed by atoms with Gasteiger partial charge in [-0.2, -0.15) is 0 Å². The van der Waals surface area contributed by atoms with Crippen LogP contribution in [0, 0.1) is 6.92 Å². The summed E-state index contributed by atoms with van der Waals surface area (Å²) in [7, 11) is 5.83. The van der Waals surface area contributed by atoms with Gasteiger partial charge in [-0.05, 0) is 19.4 Å². The number of aliphatic imine (C=N–C) groups is 1. The van der Waals surface area contributed by atoms with Crippen LogP contribution in [-0.4, -0.2) is 41.1 Å². The molecule has 2 heterocycles. The van der Waals surface area contributed by atoms with Crippen molar-refractivity contribution >= 4 is 52.9 Å². The summed E-state index contributed by atoms with van der Waals surface area (Å²) in [4.78, 5) is 12.5. The zero-order valence-corrected chi connectivity index (χ0v) is 19.4. The summed E-state index contributed by atoms with van der Waals surface area (Å²) < 4.78 is 2.04. The second-order valence-corrected chi connectivity index (χ2v) is 7.53. The van der Waals surface area contributed by atoms with Gasteiger partial charge in [0, 0.05) is 50.9 Å². The van der Waals surface area contributed by atoms with Crippen molar-refractivity contribution in [1.82, 2.24) is 19.8 Å². The third-order valence-corrected chi connectivity index (χ3v) is 5.22. The van der Waals surface area contributed by atoms with Gasteiger partial charge in [0.1, 0.15) is 0 Å². The molecule has 5 nitrogen and oxygen atoms in total. The highest BCUT2D eigenvalue weighted by molar-refractivity contribution is 14.0. The number of guanidine groups is 1. The van der Waals surface area contributed by atoms with Gasteiger partial charge >= 0.3 is 0 Å². The first-order valence-corrected chi connectivity index (χ1v) is 9.31. The molecule has 8 heteroatoms. The molecule has 2 rings (SSSR count). The zero-order valence-electron chi connectivity index (χ0n) is 15.5. The molecule has 0 aromatic carbocycles. The number of nitrogens with one attached hydrogen (secondary N) is 1. The molecular weight excluding hydrogens is 469 g/mol. The molecule has 0 amide bonds. The van der Waals surface area contributed by atoms with Crippen LogP contribution in [-0.2, 0) is 26.4 Å². The molecule has 0 atom stereocenters. The molecule has 0 radical (unpaired) electrons. The second kappa shape index (κ2) is 10.4. The fourth-order valence-electron chi connectivity index (χ4n) is 2.63. The van der Waals surface area contributed by atoms with E-state index in [1.807, 2.05) is 30.9 Å². The second-order valence-electron chi connectivity index (χ2n) is 5.80. The lowest BCUT2D eigenvalue weighted by atomic mass is 10.3. The fourth-order valence-corrected chi connectivity index (χ4v) is 3.92. The SMILES string of the molecule is CCc1nc(CCNC(=NC)N(C)Cc2cc(Cl)cn2C)sc1C.I. The van der Waals surface area contributed by atoms with Crippen molar-refractivity contribution in [1.29, 1.82) is 0 Å². The van der Waals surface area contributed by atoms with Crippen molar-refractivity contribution in [3.8, 4) is 0 Å². The lowest BCUT2D eigenvalue weighted by Gasteiger charge is -2.22. The Morgan fingerprint density at radius 1 is 1.48 bits per heavy atom. The van der Waals surface area contributed by atoms with Crippen molar-refractivity contribution in [3.05, 3.63) is 38.6 Å². The molecule has 2 aromatic rings. The molecule has 0 aliphatic heterocycles. The van der Waals surface area contributed by atoms with Gasteiger partial charge in [-0.3, -0.25) is 4.99 Å². The van der Waals surface area contributed by atoms with Crippen LogP contribution in [0.2, 0.25) is 5.02 Å². The van der Waals surface area contributed by atoms with Gasteiger partial charge in [0.15, 0.2) is 5.96 Å². The minimum Gasteiger partial charge on any atom is -0.356 e. The molecule has 0 aliphatic rings. The van der Waals surface area contributed by atoms with Gasteiger partial charge in [-0.25, -0.2) is 4.98 Å². The lowest BCUT2D eigenvalue weighted by molar-refractivity contribution is 0.462. The molecular formula is C17H27ClIN5S. The summed E-state index contributed by atoms with van der Waals surface area (Å²) in [6, 6.07) is 1.98. The van der Waals surface area contributed by atoms with Crippen LogP contribution in [0.3, 0.4) is 0 Å². The number of hydrogen-bond donors (Lipinski definition) is 1. The Morgan fingerprint density at radius 3 is 2.72 bits per heavy atom. The normalized spacial score (nSPS) is 11.4. The van der Waals surface area contributed by atoms with E-state index in [4.69, 9.17) is 11.6 Å².